The second-order valence-corrected chi connectivity index (χ2v) is 5.93. The van der Waals surface area contributed by atoms with E-state index in [1.165, 1.54) is 5.56 Å². The number of hydrogen-bond donors (Lipinski definition) is 2. The standard InChI is InChI=1S/C17H28N2O2/c1-20-16(13-17(14-18)8-10-19-11-9-17)21-12-7-15-5-3-2-4-6-15/h2-6,16,19H,7-14,18H2,1H3. The molecule has 0 radical (unpaired) electrons. The number of nitrogens with two attached hydrogens (primary N) is 1. The monoisotopic (exact) mass is 292 g/mol. The van der Waals surface area contributed by atoms with E-state index in [4.69, 9.17) is 15.2 Å². The van der Waals surface area contributed by atoms with Crippen LogP contribution in [0.3, 0.4) is 0 Å². The highest BCUT2D eigenvalue weighted by molar-refractivity contribution is 5.14. The van der Waals surface area contributed by atoms with E-state index in [0.29, 0.717) is 13.2 Å². The molecule has 1 atom stereocenters. The van der Waals surface area contributed by atoms with Crippen LogP contribution in [0.1, 0.15) is 24.8 Å². The molecule has 118 valence electrons. The molecule has 0 aromatic heterocycles. The molecule has 1 aromatic rings. The summed E-state index contributed by atoms with van der Waals surface area (Å²) >= 11 is 0. The molecule has 1 heterocycles. The lowest BCUT2D eigenvalue weighted by atomic mass is 9.76. The SMILES string of the molecule is COC(CC1(CN)CCNCC1)OCCc1ccccc1. The second-order valence-electron chi connectivity index (χ2n) is 5.93. The van der Waals surface area contributed by atoms with E-state index in [0.717, 1.165) is 38.8 Å². The fourth-order valence-electron chi connectivity index (χ4n) is 2.97. The Balaban J connectivity index is 1.79. The normalized spacial score (nSPS) is 19.3. The molecule has 0 spiro atoms. The molecule has 0 amide bonds. The number of piperidine rings is 1. The molecule has 21 heavy (non-hydrogen) atoms. The van der Waals surface area contributed by atoms with Crippen molar-refractivity contribution in [2.75, 3.05) is 33.4 Å². The molecule has 4 nitrogen and oxygen atoms in total. The molecular weight excluding hydrogens is 264 g/mol. The molecule has 1 aliphatic rings. The van der Waals surface area contributed by atoms with Crippen molar-refractivity contribution in [3.8, 4) is 0 Å². The molecule has 3 N–H and O–H groups in total. The average Bonchev–Trinajstić information content (AvgIpc) is 2.56. The van der Waals surface area contributed by atoms with Gasteiger partial charge in [-0.05, 0) is 49.9 Å². The Labute approximate surface area is 128 Å². The molecule has 0 bridgehead atoms. The first-order valence-corrected chi connectivity index (χ1v) is 7.87. The summed E-state index contributed by atoms with van der Waals surface area (Å²) in [6, 6.07) is 10.4. The first-order valence-electron chi connectivity index (χ1n) is 7.87. The molecule has 4 heteroatoms. The first-order chi connectivity index (χ1) is 10.3. The summed E-state index contributed by atoms with van der Waals surface area (Å²) in [5, 5.41) is 3.39. The van der Waals surface area contributed by atoms with E-state index in [1.54, 1.807) is 7.11 Å². The van der Waals surface area contributed by atoms with Crippen molar-refractivity contribution in [3.05, 3.63) is 35.9 Å². The Kier molecular flexibility index (Phi) is 6.64. The zero-order valence-electron chi connectivity index (χ0n) is 13.0. The van der Waals surface area contributed by atoms with Crippen molar-refractivity contribution in [3.63, 3.8) is 0 Å². The maximum Gasteiger partial charge on any atom is 0.157 e. The fourth-order valence-corrected chi connectivity index (χ4v) is 2.97. The highest BCUT2D eigenvalue weighted by Crippen LogP contribution is 2.33. The van der Waals surface area contributed by atoms with E-state index in [-0.39, 0.29) is 11.7 Å². The Bertz CT molecular complexity index is 391. The molecular formula is C17H28N2O2. The molecule has 0 saturated carbocycles. The predicted molar refractivity (Wildman–Crippen MR) is 85.1 cm³/mol. The zero-order valence-corrected chi connectivity index (χ0v) is 13.0. The van der Waals surface area contributed by atoms with E-state index in [1.807, 2.05) is 6.07 Å². The summed E-state index contributed by atoms with van der Waals surface area (Å²) in [5.41, 5.74) is 7.48. The molecule has 1 fully saturated rings. The molecule has 0 aliphatic carbocycles. The van der Waals surface area contributed by atoms with Gasteiger partial charge in [-0.3, -0.25) is 0 Å². The lowest BCUT2D eigenvalue weighted by molar-refractivity contribution is -0.145. The van der Waals surface area contributed by atoms with Crippen molar-refractivity contribution in [2.45, 2.75) is 32.0 Å². The van der Waals surface area contributed by atoms with Crippen LogP contribution in [0.2, 0.25) is 0 Å². The number of rotatable bonds is 8. The summed E-state index contributed by atoms with van der Waals surface area (Å²) < 4.78 is 11.4. The predicted octanol–water partition coefficient (Wildman–Crippen LogP) is 1.94. The van der Waals surface area contributed by atoms with Gasteiger partial charge in [0, 0.05) is 13.5 Å². The van der Waals surface area contributed by atoms with Crippen molar-refractivity contribution in [1.82, 2.24) is 5.32 Å². The largest absolute Gasteiger partial charge is 0.356 e. The maximum absolute atomic E-state index is 6.02. The van der Waals surface area contributed by atoms with Gasteiger partial charge in [0.15, 0.2) is 6.29 Å². The quantitative estimate of drug-likeness (QED) is 0.719. The fraction of sp³-hybridized carbons (Fsp3) is 0.647. The maximum atomic E-state index is 6.02. The van der Waals surface area contributed by atoms with Crippen LogP contribution in [0.15, 0.2) is 30.3 Å². The summed E-state index contributed by atoms with van der Waals surface area (Å²) in [6.45, 7) is 3.47. The van der Waals surface area contributed by atoms with Gasteiger partial charge in [0.2, 0.25) is 0 Å². The van der Waals surface area contributed by atoms with Gasteiger partial charge in [-0.1, -0.05) is 30.3 Å². The van der Waals surface area contributed by atoms with Crippen LogP contribution in [0.5, 0.6) is 0 Å². The summed E-state index contributed by atoms with van der Waals surface area (Å²) in [4.78, 5) is 0. The van der Waals surface area contributed by atoms with Crippen LogP contribution in [0.25, 0.3) is 0 Å². The lowest BCUT2D eigenvalue weighted by Gasteiger charge is -2.38. The minimum atomic E-state index is -0.157. The lowest BCUT2D eigenvalue weighted by Crippen LogP contribution is -2.44. The van der Waals surface area contributed by atoms with Gasteiger partial charge in [-0.2, -0.15) is 0 Å². The van der Waals surface area contributed by atoms with Crippen molar-refractivity contribution >= 4 is 0 Å². The van der Waals surface area contributed by atoms with E-state index in [2.05, 4.69) is 29.6 Å². The summed E-state index contributed by atoms with van der Waals surface area (Å²) in [7, 11) is 1.72. The topological polar surface area (TPSA) is 56.5 Å². The average molecular weight is 292 g/mol. The number of ether oxygens (including phenoxy) is 2. The van der Waals surface area contributed by atoms with Crippen LogP contribution in [0, 0.1) is 5.41 Å². The van der Waals surface area contributed by atoms with Crippen LogP contribution >= 0.6 is 0 Å². The van der Waals surface area contributed by atoms with Gasteiger partial charge in [0.1, 0.15) is 0 Å². The molecule has 1 saturated heterocycles. The van der Waals surface area contributed by atoms with Crippen molar-refractivity contribution in [2.24, 2.45) is 11.1 Å². The molecule has 1 aliphatic heterocycles. The van der Waals surface area contributed by atoms with Gasteiger partial charge >= 0.3 is 0 Å². The summed E-state index contributed by atoms with van der Waals surface area (Å²) in [6.07, 6.45) is 3.85. The zero-order chi connectivity index (χ0) is 15.0. The number of methoxy groups -OCH3 is 1. The van der Waals surface area contributed by atoms with Gasteiger partial charge < -0.3 is 20.5 Å². The van der Waals surface area contributed by atoms with Crippen LogP contribution in [0.4, 0.5) is 0 Å². The number of nitrogens with one attached hydrogen (secondary N) is 1. The third-order valence-electron chi connectivity index (χ3n) is 4.50. The Morgan fingerprint density at radius 2 is 1.95 bits per heavy atom. The smallest absolute Gasteiger partial charge is 0.157 e. The third kappa shape index (κ3) is 5.08. The number of benzene rings is 1. The summed E-state index contributed by atoms with van der Waals surface area (Å²) in [5.74, 6) is 0. The van der Waals surface area contributed by atoms with Crippen molar-refractivity contribution < 1.29 is 9.47 Å². The molecule has 2 rings (SSSR count). The first kappa shape index (κ1) is 16.4. The van der Waals surface area contributed by atoms with E-state index < -0.39 is 0 Å². The van der Waals surface area contributed by atoms with Crippen molar-refractivity contribution in [1.29, 1.82) is 0 Å². The molecule has 1 aromatic carbocycles. The van der Waals surface area contributed by atoms with E-state index in [9.17, 15) is 0 Å². The van der Waals surface area contributed by atoms with Gasteiger partial charge in [-0.15, -0.1) is 0 Å². The van der Waals surface area contributed by atoms with Crippen LogP contribution in [-0.4, -0.2) is 39.6 Å². The van der Waals surface area contributed by atoms with Crippen LogP contribution in [-0.2, 0) is 15.9 Å². The van der Waals surface area contributed by atoms with E-state index >= 15 is 0 Å². The third-order valence-corrected chi connectivity index (χ3v) is 4.50. The minimum absolute atomic E-state index is 0.157. The highest BCUT2D eigenvalue weighted by Gasteiger charge is 2.33. The van der Waals surface area contributed by atoms with Gasteiger partial charge in [-0.25, -0.2) is 0 Å². The van der Waals surface area contributed by atoms with Gasteiger partial charge in [0.05, 0.1) is 6.61 Å². The second kappa shape index (κ2) is 8.49. The Hall–Kier alpha value is -0.940. The van der Waals surface area contributed by atoms with Crippen LogP contribution < -0.4 is 11.1 Å². The van der Waals surface area contributed by atoms with Gasteiger partial charge in [0.25, 0.3) is 0 Å². The minimum Gasteiger partial charge on any atom is -0.356 e. The number of hydrogen-bond acceptors (Lipinski definition) is 4. The Morgan fingerprint density at radius 3 is 2.57 bits per heavy atom. The highest BCUT2D eigenvalue weighted by atomic mass is 16.7. The molecule has 1 unspecified atom stereocenters. The Morgan fingerprint density at radius 1 is 1.24 bits per heavy atom.